The Labute approximate surface area is 175 Å². The summed E-state index contributed by atoms with van der Waals surface area (Å²) in [5.41, 5.74) is 1.67. The number of nitrogens with zero attached hydrogens (tertiary/aromatic N) is 1. The summed E-state index contributed by atoms with van der Waals surface area (Å²) in [5, 5.41) is 3.41. The molecule has 4 aliphatic carbocycles. The molecule has 4 saturated carbocycles. The minimum Gasteiger partial charge on any atom is -0.381 e. The van der Waals surface area contributed by atoms with Crippen molar-refractivity contribution in [3.05, 3.63) is 35.9 Å². The summed E-state index contributed by atoms with van der Waals surface area (Å²) in [6.07, 6.45) is 6.93. The van der Waals surface area contributed by atoms with Gasteiger partial charge < -0.3 is 10.1 Å². The van der Waals surface area contributed by atoms with Crippen molar-refractivity contribution in [3.63, 3.8) is 0 Å². The van der Waals surface area contributed by atoms with E-state index in [9.17, 15) is 4.79 Å². The highest BCUT2D eigenvalue weighted by Gasteiger charge is 2.65. The van der Waals surface area contributed by atoms with Gasteiger partial charge in [0.25, 0.3) is 0 Å². The first-order valence-electron chi connectivity index (χ1n) is 11.7. The van der Waals surface area contributed by atoms with Crippen LogP contribution < -0.4 is 5.32 Å². The first-order chi connectivity index (χ1) is 14.1. The van der Waals surface area contributed by atoms with Gasteiger partial charge in [0, 0.05) is 38.2 Å². The van der Waals surface area contributed by atoms with Gasteiger partial charge in [0.05, 0.1) is 13.2 Å². The molecule has 4 atom stereocenters. The first-order valence-corrected chi connectivity index (χ1v) is 11.7. The third kappa shape index (κ3) is 3.47. The van der Waals surface area contributed by atoms with Gasteiger partial charge in [0.1, 0.15) is 0 Å². The molecular formula is C25H36N2O2. The summed E-state index contributed by atoms with van der Waals surface area (Å²) >= 11 is 0. The molecule has 158 valence electrons. The highest BCUT2D eigenvalue weighted by molar-refractivity contribution is 5.87. The highest BCUT2D eigenvalue weighted by Crippen LogP contribution is 2.70. The zero-order valence-electron chi connectivity index (χ0n) is 17.9. The summed E-state index contributed by atoms with van der Waals surface area (Å²) in [6, 6.07) is 11.1. The van der Waals surface area contributed by atoms with E-state index in [0.717, 1.165) is 58.7 Å². The molecule has 0 amide bonds. The second-order valence-corrected chi connectivity index (χ2v) is 10.5. The van der Waals surface area contributed by atoms with Gasteiger partial charge in [-0.05, 0) is 67.8 Å². The Balaban J connectivity index is 1.48. The van der Waals surface area contributed by atoms with Crippen molar-refractivity contribution >= 4 is 5.78 Å². The average molecular weight is 397 g/mol. The van der Waals surface area contributed by atoms with Gasteiger partial charge in [0.2, 0.25) is 0 Å². The van der Waals surface area contributed by atoms with Crippen LogP contribution >= 0.6 is 0 Å². The fourth-order valence-electron chi connectivity index (χ4n) is 7.78. The quantitative estimate of drug-likeness (QED) is 0.767. The predicted octanol–water partition coefficient (Wildman–Crippen LogP) is 3.41. The van der Waals surface area contributed by atoms with Gasteiger partial charge >= 0.3 is 0 Å². The molecule has 0 aromatic heterocycles. The molecule has 1 aliphatic heterocycles. The Hall–Kier alpha value is -1.23. The maximum absolute atomic E-state index is 13.9. The smallest absolute Gasteiger partial charge is 0.153 e. The van der Waals surface area contributed by atoms with E-state index in [0.29, 0.717) is 18.2 Å². The van der Waals surface area contributed by atoms with Crippen molar-refractivity contribution in [2.75, 3.05) is 45.9 Å². The average Bonchev–Trinajstić information content (AvgIpc) is 2.73. The number of carbonyl (C=O) groups excluding carboxylic acids is 1. The van der Waals surface area contributed by atoms with E-state index in [-0.39, 0.29) is 16.2 Å². The SMILES string of the molecule is CCOC[C@]12CC3CC(C(=O)CN4CCNCC4)(C1)C[C@@](c1ccccc1)(C3)C2. The molecule has 2 unspecified atom stereocenters. The molecule has 0 radical (unpaired) electrons. The maximum Gasteiger partial charge on any atom is 0.153 e. The van der Waals surface area contributed by atoms with Gasteiger partial charge in [-0.25, -0.2) is 0 Å². The standard InChI is InChI=1S/C25H36N2O2/c1-2-29-19-23-12-20-13-24(16-23,21-6-4-3-5-7-21)18-25(14-20,17-23)22(28)15-27-10-8-26-9-11-27/h3-7,20,26H,2,8-19H2,1H3/t20?,23-,24+,25?/m0/s1. The molecule has 1 heterocycles. The van der Waals surface area contributed by atoms with Crippen molar-refractivity contribution in [1.29, 1.82) is 0 Å². The molecule has 4 bridgehead atoms. The van der Waals surface area contributed by atoms with E-state index < -0.39 is 0 Å². The Morgan fingerprint density at radius 1 is 1.10 bits per heavy atom. The largest absolute Gasteiger partial charge is 0.381 e. The maximum atomic E-state index is 13.9. The number of Topliss-reactive ketones (excluding diaryl/α,β-unsaturated/α-hetero) is 1. The minimum atomic E-state index is -0.142. The molecule has 1 aromatic rings. The number of benzene rings is 1. The summed E-state index contributed by atoms with van der Waals surface area (Å²) < 4.78 is 6.04. The lowest BCUT2D eigenvalue weighted by Gasteiger charge is -2.66. The zero-order valence-corrected chi connectivity index (χ0v) is 17.9. The fraction of sp³-hybridized carbons (Fsp3) is 0.720. The summed E-state index contributed by atoms with van der Waals surface area (Å²) in [6.45, 7) is 8.35. The van der Waals surface area contributed by atoms with Crippen LogP contribution in [0, 0.1) is 16.7 Å². The lowest BCUT2D eigenvalue weighted by molar-refractivity contribution is -0.171. The number of hydrogen-bond donors (Lipinski definition) is 1. The van der Waals surface area contributed by atoms with Crippen LogP contribution in [-0.2, 0) is 14.9 Å². The van der Waals surface area contributed by atoms with Crippen molar-refractivity contribution < 1.29 is 9.53 Å². The topological polar surface area (TPSA) is 41.6 Å². The van der Waals surface area contributed by atoms with Gasteiger partial charge in [-0.15, -0.1) is 0 Å². The van der Waals surface area contributed by atoms with Crippen molar-refractivity contribution in [2.24, 2.45) is 16.7 Å². The fourth-order valence-corrected chi connectivity index (χ4v) is 7.78. The van der Waals surface area contributed by atoms with Gasteiger partial charge in [-0.3, -0.25) is 9.69 Å². The van der Waals surface area contributed by atoms with Crippen LogP contribution in [-0.4, -0.2) is 56.6 Å². The monoisotopic (exact) mass is 396 g/mol. The normalized spacial score (nSPS) is 39.0. The highest BCUT2D eigenvalue weighted by atomic mass is 16.5. The first kappa shape index (κ1) is 19.7. The Morgan fingerprint density at radius 2 is 1.90 bits per heavy atom. The van der Waals surface area contributed by atoms with E-state index in [1.165, 1.54) is 24.8 Å². The van der Waals surface area contributed by atoms with Crippen LogP contribution in [0.2, 0.25) is 0 Å². The van der Waals surface area contributed by atoms with Gasteiger partial charge in [-0.1, -0.05) is 30.3 Å². The number of piperazine rings is 1. The number of ether oxygens (including phenoxy) is 1. The zero-order chi connectivity index (χ0) is 20.0. The third-order valence-electron chi connectivity index (χ3n) is 8.35. The van der Waals surface area contributed by atoms with Crippen molar-refractivity contribution in [3.8, 4) is 0 Å². The second-order valence-electron chi connectivity index (χ2n) is 10.5. The number of hydrogen-bond acceptors (Lipinski definition) is 4. The van der Waals surface area contributed by atoms with E-state index >= 15 is 0 Å². The van der Waals surface area contributed by atoms with Gasteiger partial charge in [0.15, 0.2) is 5.78 Å². The van der Waals surface area contributed by atoms with Crippen LogP contribution in [0.25, 0.3) is 0 Å². The van der Waals surface area contributed by atoms with Crippen LogP contribution in [0.5, 0.6) is 0 Å². The van der Waals surface area contributed by atoms with Gasteiger partial charge in [-0.2, -0.15) is 0 Å². The number of rotatable bonds is 7. The minimum absolute atomic E-state index is 0.142. The molecule has 4 nitrogen and oxygen atoms in total. The molecule has 1 N–H and O–H groups in total. The Bertz CT molecular complexity index is 746. The van der Waals surface area contributed by atoms with E-state index in [1.54, 1.807) is 0 Å². The van der Waals surface area contributed by atoms with Crippen LogP contribution in [0.3, 0.4) is 0 Å². The Morgan fingerprint density at radius 3 is 2.66 bits per heavy atom. The van der Waals surface area contributed by atoms with Crippen molar-refractivity contribution in [2.45, 2.75) is 50.9 Å². The molecule has 1 saturated heterocycles. The molecule has 5 aliphatic rings. The molecule has 4 heteroatoms. The third-order valence-corrected chi connectivity index (χ3v) is 8.35. The molecular weight excluding hydrogens is 360 g/mol. The van der Waals surface area contributed by atoms with E-state index in [2.05, 4.69) is 47.5 Å². The van der Waals surface area contributed by atoms with Crippen LogP contribution in [0.15, 0.2) is 30.3 Å². The molecule has 1 aromatic carbocycles. The molecule has 6 rings (SSSR count). The summed E-state index contributed by atoms with van der Waals surface area (Å²) in [4.78, 5) is 16.2. The van der Waals surface area contributed by atoms with Crippen LogP contribution in [0.4, 0.5) is 0 Å². The summed E-state index contributed by atoms with van der Waals surface area (Å²) in [7, 11) is 0. The lowest BCUT2D eigenvalue weighted by Crippen LogP contribution is -2.63. The lowest BCUT2D eigenvalue weighted by atomic mass is 9.38. The van der Waals surface area contributed by atoms with Crippen molar-refractivity contribution in [1.82, 2.24) is 10.2 Å². The van der Waals surface area contributed by atoms with E-state index in [1.807, 2.05) is 0 Å². The Kier molecular flexibility index (Phi) is 5.08. The second kappa shape index (κ2) is 7.47. The van der Waals surface area contributed by atoms with Crippen LogP contribution in [0.1, 0.15) is 51.0 Å². The number of nitrogens with one attached hydrogen (secondary N) is 1. The molecule has 5 fully saturated rings. The summed E-state index contributed by atoms with van der Waals surface area (Å²) in [5.74, 6) is 1.18. The van der Waals surface area contributed by atoms with E-state index in [4.69, 9.17) is 4.74 Å². The number of ketones is 1. The predicted molar refractivity (Wildman–Crippen MR) is 115 cm³/mol. The molecule has 0 spiro atoms. The molecule has 29 heavy (non-hydrogen) atoms. The number of carbonyl (C=O) groups is 1.